The Morgan fingerprint density at radius 3 is 2.74 bits per heavy atom. The van der Waals surface area contributed by atoms with Crippen LogP contribution in [0.15, 0.2) is 34.7 Å². The molecular weight excluding hydrogens is 352 g/mol. The van der Waals surface area contributed by atoms with Crippen LogP contribution in [0.2, 0.25) is 0 Å². The van der Waals surface area contributed by atoms with E-state index in [9.17, 15) is 9.90 Å². The summed E-state index contributed by atoms with van der Waals surface area (Å²) in [6.45, 7) is 4.70. The van der Waals surface area contributed by atoms with Crippen LogP contribution < -0.4 is 0 Å². The molecular formula is C24H30O2S. The van der Waals surface area contributed by atoms with Crippen molar-refractivity contribution in [3.63, 3.8) is 0 Å². The fraction of sp³-hybridized carbons (Fsp3) is 0.625. The van der Waals surface area contributed by atoms with E-state index in [1.165, 1.54) is 16.9 Å². The third kappa shape index (κ3) is 2.57. The number of thiophene rings is 1. The first kappa shape index (κ1) is 17.9. The number of Topliss-reactive ketones (excluding diaryl/α,β-unsaturated/α-hetero) is 1. The summed E-state index contributed by atoms with van der Waals surface area (Å²) in [5.41, 5.74) is 2.64. The second-order valence-electron chi connectivity index (χ2n) is 9.83. The quantitative estimate of drug-likeness (QED) is 0.504. The molecule has 1 aromatic heterocycles. The summed E-state index contributed by atoms with van der Waals surface area (Å²) in [5.74, 6) is 2.19. The summed E-state index contributed by atoms with van der Waals surface area (Å²) in [6.07, 6.45) is 11.6. The molecule has 0 bridgehead atoms. The average molecular weight is 383 g/mol. The predicted octanol–water partition coefficient (Wildman–Crippen LogP) is 5.63. The van der Waals surface area contributed by atoms with Crippen LogP contribution in [0.5, 0.6) is 0 Å². The summed E-state index contributed by atoms with van der Waals surface area (Å²) in [6, 6.07) is 4.18. The van der Waals surface area contributed by atoms with Gasteiger partial charge in [-0.05, 0) is 91.2 Å². The van der Waals surface area contributed by atoms with Crippen LogP contribution in [0.3, 0.4) is 0 Å². The van der Waals surface area contributed by atoms with Crippen LogP contribution in [0.1, 0.15) is 63.7 Å². The van der Waals surface area contributed by atoms with Crippen LogP contribution in [-0.2, 0) is 4.79 Å². The van der Waals surface area contributed by atoms with Crippen molar-refractivity contribution in [2.24, 2.45) is 28.6 Å². The van der Waals surface area contributed by atoms with Gasteiger partial charge in [0.05, 0.1) is 6.10 Å². The van der Waals surface area contributed by atoms with E-state index in [1.807, 2.05) is 0 Å². The van der Waals surface area contributed by atoms with Gasteiger partial charge in [-0.1, -0.05) is 31.6 Å². The standard InChI is InChI=1S/C24H30O2S/c1-23-9-7-17(25)14-16(23)5-6-19-20(23)8-10-24(2)21(19)13-15(22(24)26)12-18-4-3-11-27-18/h3-5,11-12,17,19-21,25H,6-10,13-14H2,1-2H3/b15-12+/t17-,19-,20+,21-,23-,24-/m1/s1. The highest BCUT2D eigenvalue weighted by Gasteiger charge is 2.59. The Hall–Kier alpha value is -1.19. The van der Waals surface area contributed by atoms with E-state index in [2.05, 4.69) is 43.5 Å². The largest absolute Gasteiger partial charge is 0.393 e. The molecule has 1 heterocycles. The van der Waals surface area contributed by atoms with Gasteiger partial charge < -0.3 is 5.11 Å². The number of rotatable bonds is 1. The fourth-order valence-corrected chi connectivity index (χ4v) is 7.67. The Balaban J connectivity index is 1.49. The van der Waals surface area contributed by atoms with Gasteiger partial charge in [-0.3, -0.25) is 4.79 Å². The number of ketones is 1. The molecule has 4 aliphatic carbocycles. The van der Waals surface area contributed by atoms with Crippen molar-refractivity contribution < 1.29 is 9.90 Å². The van der Waals surface area contributed by atoms with Crippen molar-refractivity contribution in [1.29, 1.82) is 0 Å². The lowest BCUT2D eigenvalue weighted by Crippen LogP contribution is -2.50. The highest BCUT2D eigenvalue weighted by atomic mass is 32.1. The summed E-state index contributed by atoms with van der Waals surface area (Å²) in [7, 11) is 0. The van der Waals surface area contributed by atoms with Gasteiger partial charge in [0, 0.05) is 10.3 Å². The minimum atomic E-state index is -0.167. The second kappa shape index (κ2) is 6.15. The van der Waals surface area contributed by atoms with Crippen molar-refractivity contribution in [2.45, 2.75) is 64.9 Å². The highest BCUT2D eigenvalue weighted by molar-refractivity contribution is 7.10. The molecule has 27 heavy (non-hydrogen) atoms. The van der Waals surface area contributed by atoms with Gasteiger partial charge in [-0.15, -0.1) is 11.3 Å². The summed E-state index contributed by atoms with van der Waals surface area (Å²) >= 11 is 1.72. The average Bonchev–Trinajstić information content (AvgIpc) is 3.24. The molecule has 3 fully saturated rings. The van der Waals surface area contributed by atoms with E-state index in [4.69, 9.17) is 0 Å². The molecule has 0 amide bonds. The molecule has 5 rings (SSSR count). The molecule has 0 aromatic carbocycles. The van der Waals surface area contributed by atoms with Crippen molar-refractivity contribution in [1.82, 2.24) is 0 Å². The zero-order valence-electron chi connectivity index (χ0n) is 16.4. The van der Waals surface area contributed by atoms with Crippen LogP contribution in [0.4, 0.5) is 0 Å². The first-order valence-corrected chi connectivity index (χ1v) is 11.5. The van der Waals surface area contributed by atoms with E-state index in [-0.39, 0.29) is 16.9 Å². The Morgan fingerprint density at radius 1 is 1.15 bits per heavy atom. The molecule has 0 aliphatic heterocycles. The predicted molar refractivity (Wildman–Crippen MR) is 110 cm³/mol. The second-order valence-corrected chi connectivity index (χ2v) is 10.8. The zero-order valence-corrected chi connectivity index (χ0v) is 17.2. The molecule has 0 spiro atoms. The minimum absolute atomic E-state index is 0.150. The van der Waals surface area contributed by atoms with Gasteiger partial charge in [0.15, 0.2) is 5.78 Å². The molecule has 1 N–H and O–H groups in total. The minimum Gasteiger partial charge on any atom is -0.393 e. The van der Waals surface area contributed by atoms with Gasteiger partial charge in [0.2, 0.25) is 0 Å². The number of carbonyl (C=O) groups is 1. The monoisotopic (exact) mass is 382 g/mol. The van der Waals surface area contributed by atoms with E-state index in [0.29, 0.717) is 23.5 Å². The number of aliphatic hydroxyl groups excluding tert-OH is 1. The lowest BCUT2D eigenvalue weighted by atomic mass is 9.48. The zero-order chi connectivity index (χ0) is 18.8. The van der Waals surface area contributed by atoms with Crippen LogP contribution in [-0.4, -0.2) is 17.0 Å². The maximum atomic E-state index is 13.4. The van der Waals surface area contributed by atoms with E-state index in [1.54, 1.807) is 11.3 Å². The molecule has 0 saturated heterocycles. The van der Waals surface area contributed by atoms with Crippen LogP contribution in [0, 0.1) is 28.6 Å². The lowest BCUT2D eigenvalue weighted by Gasteiger charge is -2.56. The Kier molecular flexibility index (Phi) is 4.07. The number of fused-ring (bicyclic) bond motifs is 5. The Bertz CT molecular complexity index is 819. The smallest absolute Gasteiger partial charge is 0.165 e. The van der Waals surface area contributed by atoms with Gasteiger partial charge in [-0.2, -0.15) is 0 Å². The molecule has 3 heteroatoms. The molecule has 3 saturated carbocycles. The third-order valence-electron chi connectivity index (χ3n) is 8.58. The van der Waals surface area contributed by atoms with Crippen molar-refractivity contribution in [3.05, 3.63) is 39.6 Å². The topological polar surface area (TPSA) is 37.3 Å². The number of hydrogen-bond donors (Lipinski definition) is 1. The molecule has 144 valence electrons. The number of carbonyl (C=O) groups excluding carboxylic acids is 1. The first-order chi connectivity index (χ1) is 12.9. The van der Waals surface area contributed by atoms with Gasteiger partial charge in [0.1, 0.15) is 0 Å². The summed E-state index contributed by atoms with van der Waals surface area (Å²) in [4.78, 5) is 14.6. The fourth-order valence-electron chi connectivity index (χ4n) is 6.99. The van der Waals surface area contributed by atoms with Gasteiger partial charge >= 0.3 is 0 Å². The Morgan fingerprint density at radius 2 is 1.96 bits per heavy atom. The summed E-state index contributed by atoms with van der Waals surface area (Å²) in [5, 5.41) is 12.2. The van der Waals surface area contributed by atoms with E-state index >= 15 is 0 Å². The first-order valence-electron chi connectivity index (χ1n) is 10.6. The number of hydrogen-bond acceptors (Lipinski definition) is 3. The maximum Gasteiger partial charge on any atom is 0.165 e. The Labute approximate surface area is 166 Å². The van der Waals surface area contributed by atoms with E-state index < -0.39 is 0 Å². The lowest BCUT2D eigenvalue weighted by molar-refractivity contribution is -0.130. The highest BCUT2D eigenvalue weighted by Crippen LogP contribution is 2.64. The van der Waals surface area contributed by atoms with Crippen molar-refractivity contribution >= 4 is 23.2 Å². The molecule has 2 nitrogen and oxygen atoms in total. The van der Waals surface area contributed by atoms with Crippen molar-refractivity contribution in [3.8, 4) is 0 Å². The summed E-state index contributed by atoms with van der Waals surface area (Å²) < 4.78 is 0. The van der Waals surface area contributed by atoms with E-state index in [0.717, 1.165) is 44.1 Å². The third-order valence-corrected chi connectivity index (χ3v) is 9.40. The number of allylic oxidation sites excluding steroid dienone is 2. The van der Waals surface area contributed by atoms with Gasteiger partial charge in [0.25, 0.3) is 0 Å². The number of aliphatic hydroxyl groups is 1. The molecule has 4 aliphatic rings. The van der Waals surface area contributed by atoms with Crippen LogP contribution >= 0.6 is 11.3 Å². The normalized spacial score (nSPS) is 45.2. The maximum absolute atomic E-state index is 13.4. The van der Waals surface area contributed by atoms with Crippen molar-refractivity contribution in [2.75, 3.05) is 0 Å². The molecule has 0 unspecified atom stereocenters. The molecule has 1 aromatic rings. The molecule has 6 atom stereocenters. The SMILES string of the molecule is C[C@@]12CC[C@H]3[C@@H](CC=C4C[C@H](O)CC[C@]43C)[C@H]1C/C(=C\c1cccs1)C2=O. The molecule has 0 radical (unpaired) electrons. The van der Waals surface area contributed by atoms with Crippen LogP contribution in [0.25, 0.3) is 6.08 Å². The van der Waals surface area contributed by atoms with Gasteiger partial charge in [-0.25, -0.2) is 0 Å².